The number of rotatable bonds is 2. The molecule has 4 rings (SSSR count). The molecule has 4 bridgehead atoms. The summed E-state index contributed by atoms with van der Waals surface area (Å²) >= 11 is 0. The molecule has 0 aromatic heterocycles. The molecule has 0 amide bonds. The lowest BCUT2D eigenvalue weighted by Gasteiger charge is -2.48. The molecule has 0 aliphatic heterocycles. The molecule has 4 fully saturated rings. The molecule has 1 N–H and O–H groups in total. The zero-order valence-electron chi connectivity index (χ0n) is 9.04. The van der Waals surface area contributed by atoms with Crippen LogP contribution in [-0.4, -0.2) is 11.7 Å². The molecule has 0 radical (unpaired) electrons. The van der Waals surface area contributed by atoms with Crippen molar-refractivity contribution in [2.75, 3.05) is 6.61 Å². The third-order valence-electron chi connectivity index (χ3n) is 5.12. The molecule has 2 atom stereocenters. The molecule has 2 unspecified atom stereocenters. The van der Waals surface area contributed by atoms with Gasteiger partial charge in [0.15, 0.2) is 0 Å². The van der Waals surface area contributed by atoms with E-state index >= 15 is 0 Å². The fraction of sp³-hybridized carbons (Fsp3) is 1.00. The molecule has 0 heterocycles. The normalized spacial score (nSPS) is 50.8. The predicted octanol–water partition coefficient (Wildman–Crippen LogP) is 2.98. The van der Waals surface area contributed by atoms with Crippen molar-refractivity contribution in [1.29, 1.82) is 0 Å². The second-order valence-corrected chi connectivity index (χ2v) is 6.23. The van der Waals surface area contributed by atoms with Gasteiger partial charge in [0, 0.05) is 6.61 Å². The fourth-order valence-electron chi connectivity index (χ4n) is 4.91. The molecule has 80 valence electrons. The minimum absolute atomic E-state index is 0.423. The minimum atomic E-state index is 0.423. The SMILES string of the molecule is OCCC12CC3CCC(CC(C3)C1)C2. The number of hydrogen-bond acceptors (Lipinski definition) is 1. The fourth-order valence-corrected chi connectivity index (χ4v) is 4.91. The van der Waals surface area contributed by atoms with E-state index in [1.165, 1.54) is 44.9 Å². The van der Waals surface area contributed by atoms with Gasteiger partial charge in [0.1, 0.15) is 0 Å². The van der Waals surface area contributed by atoms with E-state index in [2.05, 4.69) is 0 Å². The van der Waals surface area contributed by atoms with Crippen LogP contribution in [0.15, 0.2) is 0 Å². The Hall–Kier alpha value is -0.0400. The van der Waals surface area contributed by atoms with E-state index in [9.17, 15) is 5.11 Å². The number of fused-ring (bicyclic) bond motifs is 1. The molecule has 4 saturated carbocycles. The van der Waals surface area contributed by atoms with Crippen LogP contribution in [0.25, 0.3) is 0 Å². The molecule has 4 aliphatic rings. The second kappa shape index (κ2) is 3.23. The average Bonchev–Trinajstić information content (AvgIpc) is 2.32. The van der Waals surface area contributed by atoms with Gasteiger partial charge in [-0.05, 0) is 61.7 Å². The second-order valence-electron chi connectivity index (χ2n) is 6.23. The summed E-state index contributed by atoms with van der Waals surface area (Å²) in [7, 11) is 0. The summed E-state index contributed by atoms with van der Waals surface area (Å²) in [6, 6.07) is 0. The maximum absolute atomic E-state index is 9.22. The van der Waals surface area contributed by atoms with Gasteiger partial charge in [-0.15, -0.1) is 0 Å². The van der Waals surface area contributed by atoms with Crippen LogP contribution < -0.4 is 0 Å². The first-order chi connectivity index (χ1) is 6.80. The van der Waals surface area contributed by atoms with Crippen molar-refractivity contribution in [3.05, 3.63) is 0 Å². The van der Waals surface area contributed by atoms with Crippen LogP contribution in [0.4, 0.5) is 0 Å². The standard InChI is InChI=1S/C13H22O/c14-4-3-13-7-10-1-2-11(8-13)6-12(5-10)9-13/h10-12,14H,1-9H2. The third-order valence-corrected chi connectivity index (χ3v) is 5.12. The molecule has 1 nitrogen and oxygen atoms in total. The van der Waals surface area contributed by atoms with Crippen molar-refractivity contribution in [3.8, 4) is 0 Å². The maximum atomic E-state index is 9.22. The molecular weight excluding hydrogens is 172 g/mol. The van der Waals surface area contributed by atoms with Crippen molar-refractivity contribution in [2.45, 2.75) is 51.4 Å². The Morgan fingerprint density at radius 1 is 0.929 bits per heavy atom. The lowest BCUT2D eigenvalue weighted by Crippen LogP contribution is -2.38. The predicted molar refractivity (Wildman–Crippen MR) is 56.9 cm³/mol. The van der Waals surface area contributed by atoms with E-state index in [-0.39, 0.29) is 0 Å². The lowest BCUT2D eigenvalue weighted by atomic mass is 9.57. The van der Waals surface area contributed by atoms with E-state index in [1.54, 1.807) is 0 Å². The zero-order valence-corrected chi connectivity index (χ0v) is 9.04. The molecule has 14 heavy (non-hydrogen) atoms. The first-order valence-corrected chi connectivity index (χ1v) is 6.40. The summed E-state index contributed by atoms with van der Waals surface area (Å²) in [4.78, 5) is 0. The number of aliphatic hydroxyl groups excluding tert-OH is 1. The highest BCUT2D eigenvalue weighted by Gasteiger charge is 2.47. The lowest BCUT2D eigenvalue weighted by molar-refractivity contribution is 0.0143. The highest BCUT2D eigenvalue weighted by molar-refractivity contribution is 4.98. The summed E-state index contributed by atoms with van der Waals surface area (Å²) in [5, 5.41) is 9.22. The topological polar surface area (TPSA) is 20.2 Å². The third kappa shape index (κ3) is 1.41. The quantitative estimate of drug-likeness (QED) is 0.716. The summed E-state index contributed by atoms with van der Waals surface area (Å²) in [5.41, 5.74) is 0.585. The monoisotopic (exact) mass is 194 g/mol. The van der Waals surface area contributed by atoms with Crippen LogP contribution in [0, 0.1) is 23.2 Å². The summed E-state index contributed by atoms with van der Waals surface area (Å²) in [6.45, 7) is 0.423. The van der Waals surface area contributed by atoms with E-state index in [1.807, 2.05) is 0 Å². The van der Waals surface area contributed by atoms with Crippen LogP contribution in [0.3, 0.4) is 0 Å². The van der Waals surface area contributed by atoms with Crippen LogP contribution in [-0.2, 0) is 0 Å². The highest BCUT2D eigenvalue weighted by atomic mass is 16.3. The number of aliphatic hydroxyl groups is 1. The first kappa shape index (κ1) is 9.21. The van der Waals surface area contributed by atoms with Gasteiger partial charge < -0.3 is 5.11 Å². The van der Waals surface area contributed by atoms with E-state index in [4.69, 9.17) is 0 Å². The van der Waals surface area contributed by atoms with Crippen LogP contribution in [0.1, 0.15) is 51.4 Å². The van der Waals surface area contributed by atoms with Gasteiger partial charge in [0.05, 0.1) is 0 Å². The average molecular weight is 194 g/mol. The van der Waals surface area contributed by atoms with Gasteiger partial charge in [-0.1, -0.05) is 12.8 Å². The molecule has 4 aliphatic carbocycles. The van der Waals surface area contributed by atoms with Crippen molar-refractivity contribution in [1.82, 2.24) is 0 Å². The van der Waals surface area contributed by atoms with Crippen LogP contribution in [0.5, 0.6) is 0 Å². The van der Waals surface area contributed by atoms with E-state index in [0.717, 1.165) is 24.2 Å². The van der Waals surface area contributed by atoms with Crippen molar-refractivity contribution >= 4 is 0 Å². The Morgan fingerprint density at radius 2 is 1.50 bits per heavy atom. The van der Waals surface area contributed by atoms with Gasteiger partial charge >= 0.3 is 0 Å². The zero-order chi connectivity index (χ0) is 9.60. The minimum Gasteiger partial charge on any atom is -0.396 e. The summed E-state index contributed by atoms with van der Waals surface area (Å²) in [5.74, 6) is 3.07. The molecule has 0 saturated heterocycles. The molecular formula is C13H22O. The Labute approximate surface area is 86.9 Å². The Kier molecular flexibility index (Phi) is 2.12. The van der Waals surface area contributed by atoms with Gasteiger partial charge in [0.2, 0.25) is 0 Å². The van der Waals surface area contributed by atoms with E-state index < -0.39 is 0 Å². The largest absolute Gasteiger partial charge is 0.396 e. The highest BCUT2D eigenvalue weighted by Crippen LogP contribution is 2.58. The van der Waals surface area contributed by atoms with Crippen molar-refractivity contribution < 1.29 is 5.11 Å². The van der Waals surface area contributed by atoms with Crippen molar-refractivity contribution in [2.24, 2.45) is 23.2 Å². The summed E-state index contributed by atoms with van der Waals surface area (Å²) < 4.78 is 0. The van der Waals surface area contributed by atoms with Gasteiger partial charge in [-0.25, -0.2) is 0 Å². The van der Waals surface area contributed by atoms with E-state index in [0.29, 0.717) is 12.0 Å². The molecule has 0 spiro atoms. The van der Waals surface area contributed by atoms with Crippen LogP contribution in [0.2, 0.25) is 0 Å². The van der Waals surface area contributed by atoms with Gasteiger partial charge in [-0.3, -0.25) is 0 Å². The van der Waals surface area contributed by atoms with Crippen LogP contribution >= 0.6 is 0 Å². The Balaban J connectivity index is 1.86. The van der Waals surface area contributed by atoms with Crippen molar-refractivity contribution in [3.63, 3.8) is 0 Å². The molecule has 0 aromatic carbocycles. The maximum Gasteiger partial charge on any atom is 0.0436 e. The van der Waals surface area contributed by atoms with Gasteiger partial charge in [0.25, 0.3) is 0 Å². The Morgan fingerprint density at radius 3 is 2.07 bits per heavy atom. The molecule has 0 aromatic rings. The molecule has 1 heteroatoms. The smallest absolute Gasteiger partial charge is 0.0436 e. The Bertz CT molecular complexity index is 207. The number of hydrogen-bond donors (Lipinski definition) is 1. The van der Waals surface area contributed by atoms with Gasteiger partial charge in [-0.2, -0.15) is 0 Å². The first-order valence-electron chi connectivity index (χ1n) is 6.40. The summed E-state index contributed by atoms with van der Waals surface area (Å²) in [6.07, 6.45) is 11.5.